The second-order valence-corrected chi connectivity index (χ2v) is 7.11. The van der Waals surface area contributed by atoms with E-state index in [2.05, 4.69) is 10.4 Å². The second-order valence-electron chi connectivity index (χ2n) is 6.01. The molecule has 2 heterocycles. The smallest absolute Gasteiger partial charge is 0.270 e. The molecule has 0 saturated carbocycles. The molecule has 0 aliphatic carbocycles. The van der Waals surface area contributed by atoms with E-state index in [0.29, 0.717) is 22.9 Å². The summed E-state index contributed by atoms with van der Waals surface area (Å²) in [6.45, 7) is 3.90. The van der Waals surface area contributed by atoms with Crippen LogP contribution in [0.3, 0.4) is 0 Å². The molecule has 1 aliphatic heterocycles. The van der Waals surface area contributed by atoms with Gasteiger partial charge in [0.05, 0.1) is 30.8 Å². The number of amides is 1. The fraction of sp³-hybridized carbons (Fsp3) is 0.412. The zero-order chi connectivity index (χ0) is 18.1. The lowest BCUT2D eigenvalue weighted by atomic mass is 10.0. The van der Waals surface area contributed by atoms with Gasteiger partial charge in [0.1, 0.15) is 17.3 Å². The summed E-state index contributed by atoms with van der Waals surface area (Å²) in [6.07, 6.45) is 0. The van der Waals surface area contributed by atoms with Crippen LogP contribution >= 0.6 is 11.8 Å². The van der Waals surface area contributed by atoms with Crippen LogP contribution in [-0.4, -0.2) is 35.7 Å². The Bertz CT molecular complexity index is 856. The molecule has 0 radical (unpaired) electrons. The summed E-state index contributed by atoms with van der Waals surface area (Å²) in [6, 6.07) is 5.49. The van der Waals surface area contributed by atoms with Crippen LogP contribution in [0.5, 0.6) is 11.5 Å². The Labute approximate surface area is 149 Å². The second kappa shape index (κ2) is 6.87. The number of thioether (sulfide) groups is 1. The lowest BCUT2D eigenvalue weighted by Crippen LogP contribution is -2.17. The van der Waals surface area contributed by atoms with E-state index in [0.717, 1.165) is 5.56 Å². The van der Waals surface area contributed by atoms with E-state index in [1.807, 2.05) is 26.0 Å². The Morgan fingerprint density at radius 2 is 2.00 bits per heavy atom. The predicted octanol–water partition coefficient (Wildman–Crippen LogP) is 2.55. The molecule has 1 aliphatic rings. The summed E-state index contributed by atoms with van der Waals surface area (Å²) < 4.78 is 12.4. The van der Waals surface area contributed by atoms with Crippen molar-refractivity contribution < 1.29 is 14.3 Å². The molecule has 0 unspecified atom stereocenters. The van der Waals surface area contributed by atoms with Crippen molar-refractivity contribution in [1.82, 2.24) is 9.78 Å². The van der Waals surface area contributed by atoms with Gasteiger partial charge in [0.2, 0.25) is 5.91 Å². The Hall–Kier alpha value is -2.35. The van der Waals surface area contributed by atoms with Crippen LogP contribution in [0.25, 0.3) is 0 Å². The monoisotopic (exact) mass is 363 g/mol. The number of nitrogens with zero attached hydrogens (tertiary/aromatic N) is 1. The molecule has 134 valence electrons. The minimum atomic E-state index is -0.321. The van der Waals surface area contributed by atoms with E-state index in [4.69, 9.17) is 9.47 Å². The summed E-state index contributed by atoms with van der Waals surface area (Å²) in [5.74, 6) is 1.94. The van der Waals surface area contributed by atoms with E-state index >= 15 is 0 Å². The highest BCUT2D eigenvalue weighted by atomic mass is 32.2. The molecule has 25 heavy (non-hydrogen) atoms. The predicted molar refractivity (Wildman–Crippen MR) is 97.9 cm³/mol. The average Bonchev–Trinajstić information content (AvgIpc) is 2.81. The van der Waals surface area contributed by atoms with Crippen LogP contribution in [0.1, 0.15) is 36.3 Å². The molecule has 0 spiro atoms. The number of nitrogens with one attached hydrogen (secondary N) is 2. The number of carbonyl (C=O) groups is 1. The highest BCUT2D eigenvalue weighted by Crippen LogP contribution is 2.44. The molecule has 1 aromatic heterocycles. The number of aromatic nitrogens is 2. The van der Waals surface area contributed by atoms with Gasteiger partial charge < -0.3 is 14.8 Å². The zero-order valence-electron chi connectivity index (χ0n) is 14.6. The summed E-state index contributed by atoms with van der Waals surface area (Å²) in [5, 5.41) is 5.37. The minimum absolute atomic E-state index is 0.0123. The van der Waals surface area contributed by atoms with Crippen molar-refractivity contribution in [2.75, 3.05) is 25.3 Å². The summed E-state index contributed by atoms with van der Waals surface area (Å²) >= 11 is 1.40. The van der Waals surface area contributed by atoms with Gasteiger partial charge in [0.15, 0.2) is 0 Å². The molecular weight excluding hydrogens is 342 g/mol. The highest BCUT2D eigenvalue weighted by molar-refractivity contribution is 8.00. The summed E-state index contributed by atoms with van der Waals surface area (Å²) in [5.41, 5.74) is 1.16. The number of ether oxygens (including phenoxy) is 2. The van der Waals surface area contributed by atoms with Gasteiger partial charge in [0.25, 0.3) is 5.56 Å². The van der Waals surface area contributed by atoms with Crippen molar-refractivity contribution in [2.24, 2.45) is 0 Å². The molecule has 2 aromatic rings. The zero-order valence-corrected chi connectivity index (χ0v) is 15.4. The van der Waals surface area contributed by atoms with E-state index in [9.17, 15) is 9.59 Å². The van der Waals surface area contributed by atoms with Crippen molar-refractivity contribution in [3.8, 4) is 11.5 Å². The largest absolute Gasteiger partial charge is 0.497 e. The summed E-state index contributed by atoms with van der Waals surface area (Å²) in [7, 11) is 3.16. The number of fused-ring (bicyclic) bond motifs is 1. The molecule has 1 amide bonds. The maximum atomic E-state index is 12.6. The third kappa shape index (κ3) is 3.13. The first-order chi connectivity index (χ1) is 12.0. The fourth-order valence-corrected chi connectivity index (χ4v) is 4.06. The number of hydrogen-bond acceptors (Lipinski definition) is 5. The van der Waals surface area contributed by atoms with Crippen LogP contribution in [0.4, 0.5) is 5.82 Å². The van der Waals surface area contributed by atoms with Crippen molar-refractivity contribution in [3.63, 3.8) is 0 Å². The average molecular weight is 363 g/mol. The summed E-state index contributed by atoms with van der Waals surface area (Å²) in [4.78, 5) is 24.8. The number of methoxy groups -OCH3 is 2. The number of carbonyl (C=O) groups excluding carboxylic acids is 1. The van der Waals surface area contributed by atoms with Gasteiger partial charge >= 0.3 is 0 Å². The molecule has 1 atom stereocenters. The maximum absolute atomic E-state index is 12.6. The molecule has 0 fully saturated rings. The molecule has 2 N–H and O–H groups in total. The number of benzene rings is 1. The van der Waals surface area contributed by atoms with Gasteiger partial charge in [-0.1, -0.05) is 6.07 Å². The van der Waals surface area contributed by atoms with Crippen LogP contribution in [0, 0.1) is 0 Å². The standard InChI is InChI=1S/C17H21N3O4S/c1-9(2)20-16-14(17(22)19-20)15(25-8-13(21)18-16)11-6-5-10(23-3)7-12(11)24-4/h5-7,9,15H,8H2,1-4H3,(H,18,21)(H,19,22)/t15-/m1/s1. The van der Waals surface area contributed by atoms with Gasteiger partial charge in [0, 0.05) is 17.7 Å². The molecule has 7 nitrogen and oxygen atoms in total. The Morgan fingerprint density at radius 1 is 1.24 bits per heavy atom. The van der Waals surface area contributed by atoms with Crippen molar-refractivity contribution in [1.29, 1.82) is 0 Å². The number of aromatic amines is 1. The quantitative estimate of drug-likeness (QED) is 0.872. The third-order valence-electron chi connectivity index (χ3n) is 4.10. The van der Waals surface area contributed by atoms with Gasteiger partial charge in [-0.25, -0.2) is 0 Å². The molecule has 0 saturated heterocycles. The number of H-pyrrole nitrogens is 1. The lowest BCUT2D eigenvalue weighted by Gasteiger charge is -2.18. The minimum Gasteiger partial charge on any atom is -0.497 e. The van der Waals surface area contributed by atoms with Gasteiger partial charge in [-0.05, 0) is 19.9 Å². The van der Waals surface area contributed by atoms with Gasteiger partial charge in [-0.15, -0.1) is 11.8 Å². The molecule has 1 aromatic carbocycles. The first-order valence-corrected chi connectivity index (χ1v) is 8.99. The van der Waals surface area contributed by atoms with Gasteiger partial charge in [-0.2, -0.15) is 0 Å². The fourth-order valence-electron chi connectivity index (χ4n) is 2.91. The van der Waals surface area contributed by atoms with Crippen LogP contribution < -0.4 is 20.3 Å². The van der Waals surface area contributed by atoms with Crippen molar-refractivity contribution >= 4 is 23.5 Å². The molecule has 3 rings (SSSR count). The van der Waals surface area contributed by atoms with Gasteiger partial charge in [-0.3, -0.25) is 19.4 Å². The van der Waals surface area contributed by atoms with E-state index < -0.39 is 0 Å². The first kappa shape index (κ1) is 17.5. The topological polar surface area (TPSA) is 85.4 Å². The molecule has 8 heteroatoms. The Kier molecular flexibility index (Phi) is 4.80. The van der Waals surface area contributed by atoms with E-state index in [-0.39, 0.29) is 28.5 Å². The molecule has 0 bridgehead atoms. The SMILES string of the molecule is COc1ccc([C@H]2SCC(=O)Nc3c2c(=O)[nH]n3C(C)C)c(OC)c1. The maximum Gasteiger partial charge on any atom is 0.270 e. The third-order valence-corrected chi connectivity index (χ3v) is 5.36. The normalized spacial score (nSPS) is 17.0. The van der Waals surface area contributed by atoms with Crippen LogP contribution in [0.2, 0.25) is 0 Å². The number of rotatable bonds is 4. The Morgan fingerprint density at radius 3 is 2.64 bits per heavy atom. The van der Waals surface area contributed by atoms with Crippen molar-refractivity contribution in [2.45, 2.75) is 25.1 Å². The van der Waals surface area contributed by atoms with Crippen molar-refractivity contribution in [3.05, 3.63) is 39.7 Å². The van der Waals surface area contributed by atoms with Crippen LogP contribution in [-0.2, 0) is 4.79 Å². The first-order valence-electron chi connectivity index (χ1n) is 7.94. The molecular formula is C17H21N3O4S. The number of anilines is 1. The Balaban J connectivity index is 2.19. The highest BCUT2D eigenvalue weighted by Gasteiger charge is 2.32. The van der Waals surface area contributed by atoms with E-state index in [1.165, 1.54) is 11.8 Å². The lowest BCUT2D eigenvalue weighted by molar-refractivity contribution is -0.113. The van der Waals surface area contributed by atoms with Crippen LogP contribution in [0.15, 0.2) is 23.0 Å². The number of hydrogen-bond donors (Lipinski definition) is 2. The van der Waals surface area contributed by atoms with E-state index in [1.54, 1.807) is 25.0 Å².